The highest BCUT2D eigenvalue weighted by Crippen LogP contribution is 2.34. The van der Waals surface area contributed by atoms with Crippen LogP contribution in [0.25, 0.3) is 0 Å². The lowest BCUT2D eigenvalue weighted by molar-refractivity contribution is -0.248. The topological polar surface area (TPSA) is 190 Å². The van der Waals surface area contributed by atoms with Crippen LogP contribution in [0, 0.1) is 5.92 Å². The molecular weight excluding hydrogens is 344 g/mol. The summed E-state index contributed by atoms with van der Waals surface area (Å²) < 4.78 is 15.7. The molecule has 2 aliphatic heterocycles. The van der Waals surface area contributed by atoms with Crippen LogP contribution in [-0.4, -0.2) is 122 Å². The third-order valence-corrected chi connectivity index (χ3v) is 4.69. The van der Waals surface area contributed by atoms with E-state index in [-0.39, 0.29) is 13.2 Å². The molecule has 0 amide bonds. The molecule has 0 spiro atoms. The fourth-order valence-corrected chi connectivity index (χ4v) is 3.10. The van der Waals surface area contributed by atoms with Crippen LogP contribution < -0.4 is 0 Å². The zero-order valence-electron chi connectivity index (χ0n) is 13.5. The normalized spacial score (nSPS) is 48.0. The van der Waals surface area contributed by atoms with Crippen LogP contribution in [0.4, 0.5) is 0 Å². The highest BCUT2D eigenvalue weighted by Gasteiger charge is 2.53. The predicted molar refractivity (Wildman–Crippen MR) is 78.1 cm³/mol. The van der Waals surface area contributed by atoms with Crippen molar-refractivity contribution in [3.05, 3.63) is 0 Å². The number of hydrogen-bond acceptors (Lipinski definition) is 11. The standard InChI is InChI=1S/C14H26O11/c15-1-7-6(13(21)14(22,5-17)25-7)3-23-4-9-11(19)12(20)10(18)8(2-16)24-9/h6-13,15-22H,1-5H2/t6-,7?,8?,9+,10+,11?,12-,13?,14+/m1/s1. The maximum atomic E-state index is 10.0. The number of ether oxygens (including phenoxy) is 3. The summed E-state index contributed by atoms with van der Waals surface area (Å²) in [5.41, 5.74) is 0. The van der Waals surface area contributed by atoms with Gasteiger partial charge in [-0.1, -0.05) is 0 Å². The fraction of sp³-hybridized carbons (Fsp3) is 1.00. The summed E-state index contributed by atoms with van der Waals surface area (Å²) in [5.74, 6) is -3.06. The van der Waals surface area contributed by atoms with Crippen LogP contribution in [0.15, 0.2) is 0 Å². The highest BCUT2D eigenvalue weighted by atomic mass is 16.7. The van der Waals surface area contributed by atoms with Crippen molar-refractivity contribution >= 4 is 0 Å². The second-order valence-electron chi connectivity index (χ2n) is 6.36. The summed E-state index contributed by atoms with van der Waals surface area (Å²) in [4.78, 5) is 0. The molecular formula is C14H26O11. The summed E-state index contributed by atoms with van der Waals surface area (Å²) in [7, 11) is 0. The van der Waals surface area contributed by atoms with Crippen molar-refractivity contribution < 1.29 is 55.1 Å². The van der Waals surface area contributed by atoms with Gasteiger partial charge in [0.1, 0.15) is 36.6 Å². The second kappa shape index (κ2) is 8.50. The Labute approximate surface area is 143 Å². The average molecular weight is 370 g/mol. The van der Waals surface area contributed by atoms with E-state index >= 15 is 0 Å². The minimum Gasteiger partial charge on any atom is -0.394 e. The van der Waals surface area contributed by atoms with Gasteiger partial charge in [0.25, 0.3) is 0 Å². The molecule has 9 atom stereocenters. The third kappa shape index (κ3) is 4.12. The van der Waals surface area contributed by atoms with Gasteiger partial charge >= 0.3 is 0 Å². The molecule has 0 aromatic rings. The van der Waals surface area contributed by atoms with Crippen LogP contribution in [0.5, 0.6) is 0 Å². The van der Waals surface area contributed by atoms with Crippen LogP contribution in [0.1, 0.15) is 0 Å². The predicted octanol–water partition coefficient (Wildman–Crippen LogP) is -5.11. The Hall–Kier alpha value is -0.440. The first kappa shape index (κ1) is 20.9. The van der Waals surface area contributed by atoms with Crippen LogP contribution in [0.2, 0.25) is 0 Å². The molecule has 2 heterocycles. The molecule has 0 bridgehead atoms. The van der Waals surface area contributed by atoms with Crippen LogP contribution >= 0.6 is 0 Å². The van der Waals surface area contributed by atoms with E-state index in [1.54, 1.807) is 0 Å². The second-order valence-corrected chi connectivity index (χ2v) is 6.36. The van der Waals surface area contributed by atoms with Gasteiger partial charge in [-0.2, -0.15) is 0 Å². The fourth-order valence-electron chi connectivity index (χ4n) is 3.10. The van der Waals surface area contributed by atoms with Crippen LogP contribution in [0.3, 0.4) is 0 Å². The molecule has 0 aliphatic carbocycles. The van der Waals surface area contributed by atoms with Crippen LogP contribution in [-0.2, 0) is 14.2 Å². The third-order valence-electron chi connectivity index (χ3n) is 4.69. The summed E-state index contributed by atoms with van der Waals surface area (Å²) in [5, 5.41) is 76.8. The van der Waals surface area contributed by atoms with E-state index < -0.39 is 74.3 Å². The molecule has 2 fully saturated rings. The first-order valence-electron chi connectivity index (χ1n) is 7.97. The summed E-state index contributed by atoms with van der Waals surface area (Å²) in [6.45, 7) is -2.40. The molecule has 11 heteroatoms. The van der Waals surface area contributed by atoms with Gasteiger partial charge in [-0.15, -0.1) is 0 Å². The molecule has 0 aromatic heterocycles. The molecule has 0 aromatic carbocycles. The van der Waals surface area contributed by atoms with Gasteiger partial charge in [0.15, 0.2) is 0 Å². The zero-order valence-corrected chi connectivity index (χ0v) is 13.5. The van der Waals surface area contributed by atoms with Gasteiger partial charge < -0.3 is 55.1 Å². The molecule has 0 radical (unpaired) electrons. The van der Waals surface area contributed by atoms with Gasteiger partial charge in [-0.05, 0) is 0 Å². The Balaban J connectivity index is 1.91. The van der Waals surface area contributed by atoms with Crippen molar-refractivity contribution in [2.24, 2.45) is 5.92 Å². The minimum atomic E-state index is -2.20. The van der Waals surface area contributed by atoms with E-state index in [1.807, 2.05) is 0 Å². The Bertz CT molecular complexity index is 422. The van der Waals surface area contributed by atoms with Crippen molar-refractivity contribution in [2.45, 2.75) is 48.5 Å². The minimum absolute atomic E-state index is 0.205. The molecule has 4 unspecified atom stereocenters. The molecule has 2 aliphatic rings. The van der Waals surface area contributed by atoms with Gasteiger partial charge in [-0.25, -0.2) is 0 Å². The Morgan fingerprint density at radius 1 is 0.800 bits per heavy atom. The van der Waals surface area contributed by atoms with Crippen molar-refractivity contribution in [1.82, 2.24) is 0 Å². The Morgan fingerprint density at radius 3 is 1.96 bits per heavy atom. The Kier molecular flexibility index (Phi) is 7.09. The lowest BCUT2D eigenvalue weighted by atomic mass is 9.95. The smallest absolute Gasteiger partial charge is 0.216 e. The first-order valence-corrected chi connectivity index (χ1v) is 7.97. The van der Waals surface area contributed by atoms with Gasteiger partial charge in [0, 0.05) is 5.92 Å². The average Bonchev–Trinajstić information content (AvgIpc) is 2.86. The lowest BCUT2D eigenvalue weighted by Gasteiger charge is -2.40. The molecule has 8 N–H and O–H groups in total. The summed E-state index contributed by atoms with van der Waals surface area (Å²) in [6, 6.07) is 0. The molecule has 25 heavy (non-hydrogen) atoms. The lowest BCUT2D eigenvalue weighted by Crippen LogP contribution is -2.59. The van der Waals surface area contributed by atoms with E-state index in [0.717, 1.165) is 0 Å². The van der Waals surface area contributed by atoms with Gasteiger partial charge in [0.05, 0.1) is 39.1 Å². The van der Waals surface area contributed by atoms with Crippen molar-refractivity contribution in [3.8, 4) is 0 Å². The monoisotopic (exact) mass is 370 g/mol. The van der Waals surface area contributed by atoms with Crippen molar-refractivity contribution in [3.63, 3.8) is 0 Å². The van der Waals surface area contributed by atoms with E-state index in [9.17, 15) is 30.6 Å². The number of aliphatic hydroxyl groups excluding tert-OH is 7. The molecule has 148 valence electrons. The van der Waals surface area contributed by atoms with E-state index in [0.29, 0.717) is 0 Å². The number of rotatable bonds is 7. The number of aliphatic hydroxyl groups is 8. The molecule has 11 nitrogen and oxygen atoms in total. The quantitative estimate of drug-likeness (QED) is 0.214. The van der Waals surface area contributed by atoms with Gasteiger partial charge in [0.2, 0.25) is 5.79 Å². The van der Waals surface area contributed by atoms with Crippen molar-refractivity contribution in [2.75, 3.05) is 33.0 Å². The van der Waals surface area contributed by atoms with Gasteiger partial charge in [-0.3, -0.25) is 0 Å². The maximum absolute atomic E-state index is 10.0. The highest BCUT2D eigenvalue weighted by molar-refractivity contribution is 4.95. The van der Waals surface area contributed by atoms with E-state index in [1.165, 1.54) is 0 Å². The maximum Gasteiger partial charge on any atom is 0.216 e. The summed E-state index contributed by atoms with van der Waals surface area (Å²) >= 11 is 0. The van der Waals surface area contributed by atoms with E-state index in [2.05, 4.69) is 0 Å². The Morgan fingerprint density at radius 2 is 1.40 bits per heavy atom. The summed E-state index contributed by atoms with van der Waals surface area (Å²) in [6.07, 6.45) is -9.03. The molecule has 2 saturated heterocycles. The van der Waals surface area contributed by atoms with E-state index in [4.69, 9.17) is 24.4 Å². The molecule has 0 saturated carbocycles. The SMILES string of the molecule is OCC1O[C@@](O)(CO)C(O)[C@@H]1COC[C@@H]1OC(CO)[C@H](O)[C@@H](O)C1O. The first-order chi connectivity index (χ1) is 11.8. The number of hydrogen-bond donors (Lipinski definition) is 8. The molecule has 2 rings (SSSR count). The van der Waals surface area contributed by atoms with Crippen molar-refractivity contribution in [1.29, 1.82) is 0 Å². The zero-order chi connectivity index (χ0) is 18.8. The largest absolute Gasteiger partial charge is 0.394 e.